The highest BCUT2D eigenvalue weighted by Crippen LogP contribution is 2.24. The molecule has 2 amide bonds. The van der Waals surface area contributed by atoms with Crippen LogP contribution in [0.4, 0.5) is 5.69 Å². The van der Waals surface area contributed by atoms with Gasteiger partial charge in [-0.25, -0.2) is 0 Å². The summed E-state index contributed by atoms with van der Waals surface area (Å²) in [5, 5.41) is 5.61. The van der Waals surface area contributed by atoms with Crippen LogP contribution in [-0.2, 0) is 11.3 Å². The van der Waals surface area contributed by atoms with E-state index in [2.05, 4.69) is 10.6 Å². The number of hydrogen-bond donors (Lipinski definition) is 2. The third kappa shape index (κ3) is 4.31. The quantitative estimate of drug-likeness (QED) is 0.884. The lowest BCUT2D eigenvalue weighted by molar-refractivity contribution is 0.0961. The first-order valence-electron chi connectivity index (χ1n) is 6.96. The van der Waals surface area contributed by atoms with Crippen molar-refractivity contribution in [2.24, 2.45) is 0 Å². The second kappa shape index (κ2) is 7.76. The highest BCUT2D eigenvalue weighted by atomic mass is 35.5. The second-order valence-corrected chi connectivity index (χ2v) is 5.27. The van der Waals surface area contributed by atoms with E-state index in [0.29, 0.717) is 28.4 Å². The van der Waals surface area contributed by atoms with Gasteiger partial charge in [-0.3, -0.25) is 9.59 Å². The van der Waals surface area contributed by atoms with Crippen molar-refractivity contribution in [1.82, 2.24) is 5.32 Å². The van der Waals surface area contributed by atoms with Gasteiger partial charge in [0.05, 0.1) is 17.3 Å². The molecule has 0 fully saturated rings. The number of amides is 2. The van der Waals surface area contributed by atoms with Gasteiger partial charge in [-0.2, -0.15) is 0 Å². The molecule has 0 bridgehead atoms. The minimum Gasteiger partial charge on any atom is -0.380 e. The van der Waals surface area contributed by atoms with Crippen molar-refractivity contribution < 1.29 is 14.3 Å². The third-order valence-electron chi connectivity index (χ3n) is 3.20. The average molecular weight is 333 g/mol. The Morgan fingerprint density at radius 3 is 2.52 bits per heavy atom. The van der Waals surface area contributed by atoms with Crippen LogP contribution in [0.1, 0.15) is 26.3 Å². The van der Waals surface area contributed by atoms with Crippen molar-refractivity contribution in [3.05, 3.63) is 64.2 Å². The number of anilines is 1. The van der Waals surface area contributed by atoms with Crippen LogP contribution >= 0.6 is 11.6 Å². The van der Waals surface area contributed by atoms with Gasteiger partial charge in [-0.05, 0) is 35.9 Å². The van der Waals surface area contributed by atoms with Crippen LogP contribution in [0.15, 0.2) is 42.5 Å². The van der Waals surface area contributed by atoms with Crippen LogP contribution in [-0.4, -0.2) is 26.0 Å². The van der Waals surface area contributed by atoms with E-state index >= 15 is 0 Å². The normalized spacial score (nSPS) is 10.2. The topological polar surface area (TPSA) is 67.4 Å². The largest absolute Gasteiger partial charge is 0.380 e. The lowest BCUT2D eigenvalue weighted by atomic mass is 10.1. The van der Waals surface area contributed by atoms with Gasteiger partial charge >= 0.3 is 0 Å². The Labute approximate surface area is 139 Å². The molecule has 120 valence electrons. The molecule has 0 aromatic heterocycles. The van der Waals surface area contributed by atoms with Crippen LogP contribution in [0.2, 0.25) is 5.02 Å². The molecule has 0 aliphatic rings. The Kier molecular flexibility index (Phi) is 5.73. The minimum absolute atomic E-state index is 0.251. The maximum atomic E-state index is 12.4. The molecule has 0 heterocycles. The molecule has 0 atom stereocenters. The van der Waals surface area contributed by atoms with E-state index in [1.165, 1.54) is 13.1 Å². The molecule has 0 unspecified atom stereocenters. The molecular weight excluding hydrogens is 316 g/mol. The number of methoxy groups -OCH3 is 1. The fraction of sp³-hybridized carbons (Fsp3) is 0.176. The van der Waals surface area contributed by atoms with Crippen LogP contribution in [0.3, 0.4) is 0 Å². The summed E-state index contributed by atoms with van der Waals surface area (Å²) in [6, 6.07) is 11.8. The first-order valence-corrected chi connectivity index (χ1v) is 7.34. The summed E-state index contributed by atoms with van der Waals surface area (Å²) in [6.45, 7) is 0.425. The number of rotatable bonds is 5. The number of halogens is 1. The zero-order chi connectivity index (χ0) is 16.8. The standard InChI is InChI=1S/C17H17ClN2O3/c1-19-16(21)13-6-7-14(18)15(9-13)20-17(22)12-5-3-4-11(8-12)10-23-2/h3-9H,10H2,1-2H3,(H,19,21)(H,20,22). The smallest absolute Gasteiger partial charge is 0.255 e. The fourth-order valence-corrected chi connectivity index (χ4v) is 2.23. The summed E-state index contributed by atoms with van der Waals surface area (Å²) in [4.78, 5) is 24.0. The Morgan fingerprint density at radius 2 is 1.83 bits per heavy atom. The van der Waals surface area contributed by atoms with Crippen LogP contribution in [0.25, 0.3) is 0 Å². The van der Waals surface area contributed by atoms with Gasteiger partial charge in [0.25, 0.3) is 11.8 Å². The molecular formula is C17H17ClN2O3. The number of benzene rings is 2. The molecule has 2 aromatic carbocycles. The molecule has 0 aliphatic carbocycles. The van der Waals surface area contributed by atoms with E-state index in [9.17, 15) is 9.59 Å². The van der Waals surface area contributed by atoms with Crippen molar-refractivity contribution in [3.63, 3.8) is 0 Å². The van der Waals surface area contributed by atoms with Gasteiger partial charge in [-0.15, -0.1) is 0 Å². The van der Waals surface area contributed by atoms with E-state index in [1.807, 2.05) is 6.07 Å². The van der Waals surface area contributed by atoms with Gasteiger partial charge in [0, 0.05) is 25.3 Å². The summed E-state index contributed by atoms with van der Waals surface area (Å²) in [7, 11) is 3.13. The molecule has 0 saturated carbocycles. The molecule has 23 heavy (non-hydrogen) atoms. The van der Waals surface area contributed by atoms with Crippen molar-refractivity contribution in [2.75, 3.05) is 19.5 Å². The average Bonchev–Trinajstić information content (AvgIpc) is 2.56. The number of nitrogens with one attached hydrogen (secondary N) is 2. The molecule has 0 radical (unpaired) electrons. The zero-order valence-corrected chi connectivity index (χ0v) is 13.6. The summed E-state index contributed by atoms with van der Waals surface area (Å²) in [6.07, 6.45) is 0. The lowest BCUT2D eigenvalue weighted by Gasteiger charge is -2.10. The molecule has 6 heteroatoms. The predicted molar refractivity (Wildman–Crippen MR) is 90.0 cm³/mol. The molecule has 0 saturated heterocycles. The van der Waals surface area contributed by atoms with E-state index in [0.717, 1.165) is 5.56 Å². The number of hydrogen-bond acceptors (Lipinski definition) is 3. The number of carbonyl (C=O) groups excluding carboxylic acids is 2. The summed E-state index contributed by atoms with van der Waals surface area (Å²) >= 11 is 6.09. The van der Waals surface area contributed by atoms with Crippen LogP contribution < -0.4 is 10.6 Å². The van der Waals surface area contributed by atoms with Crippen LogP contribution in [0, 0.1) is 0 Å². The van der Waals surface area contributed by atoms with Crippen molar-refractivity contribution in [3.8, 4) is 0 Å². The first kappa shape index (κ1) is 17.0. The lowest BCUT2D eigenvalue weighted by Crippen LogP contribution is -2.18. The maximum Gasteiger partial charge on any atom is 0.255 e. The van der Waals surface area contributed by atoms with Gasteiger partial charge in [0.2, 0.25) is 0 Å². The van der Waals surface area contributed by atoms with Crippen molar-refractivity contribution >= 4 is 29.1 Å². The number of carbonyl (C=O) groups is 2. The van der Waals surface area contributed by atoms with Gasteiger partial charge < -0.3 is 15.4 Å². The van der Waals surface area contributed by atoms with Crippen molar-refractivity contribution in [1.29, 1.82) is 0 Å². The molecule has 0 aliphatic heterocycles. The SMILES string of the molecule is CNC(=O)c1ccc(Cl)c(NC(=O)c2cccc(COC)c2)c1. The predicted octanol–water partition coefficient (Wildman–Crippen LogP) is 3.10. The van der Waals surface area contributed by atoms with E-state index in [4.69, 9.17) is 16.3 Å². The van der Waals surface area contributed by atoms with E-state index in [1.54, 1.807) is 37.4 Å². The maximum absolute atomic E-state index is 12.4. The highest BCUT2D eigenvalue weighted by molar-refractivity contribution is 6.34. The number of ether oxygens (including phenoxy) is 1. The molecule has 5 nitrogen and oxygen atoms in total. The summed E-state index contributed by atoms with van der Waals surface area (Å²) in [5.41, 5.74) is 2.18. The Bertz CT molecular complexity index is 732. The summed E-state index contributed by atoms with van der Waals surface area (Å²) < 4.78 is 5.06. The van der Waals surface area contributed by atoms with Crippen molar-refractivity contribution in [2.45, 2.75) is 6.61 Å². The first-order chi connectivity index (χ1) is 11.0. The summed E-state index contributed by atoms with van der Waals surface area (Å²) in [5.74, 6) is -0.557. The zero-order valence-electron chi connectivity index (χ0n) is 12.9. The van der Waals surface area contributed by atoms with Crippen LogP contribution in [0.5, 0.6) is 0 Å². The third-order valence-corrected chi connectivity index (χ3v) is 3.53. The van der Waals surface area contributed by atoms with E-state index in [-0.39, 0.29) is 11.8 Å². The Hall–Kier alpha value is -2.37. The molecule has 0 spiro atoms. The molecule has 2 rings (SSSR count). The van der Waals surface area contributed by atoms with Gasteiger partial charge in [-0.1, -0.05) is 23.7 Å². The monoisotopic (exact) mass is 332 g/mol. The van der Waals surface area contributed by atoms with E-state index < -0.39 is 0 Å². The minimum atomic E-state index is -0.307. The second-order valence-electron chi connectivity index (χ2n) is 4.86. The molecule has 2 aromatic rings. The Balaban J connectivity index is 2.23. The van der Waals surface area contributed by atoms with Gasteiger partial charge in [0.1, 0.15) is 0 Å². The van der Waals surface area contributed by atoms with Gasteiger partial charge in [0.15, 0.2) is 0 Å². The highest BCUT2D eigenvalue weighted by Gasteiger charge is 2.12. The fourth-order valence-electron chi connectivity index (χ4n) is 2.07. The molecule has 2 N–H and O–H groups in total. The Morgan fingerprint density at radius 1 is 1.09 bits per heavy atom.